The quantitative estimate of drug-likeness (QED) is 0.579. The first-order valence-electron chi connectivity index (χ1n) is 10.8. The van der Waals surface area contributed by atoms with Crippen LogP contribution in [0.3, 0.4) is 0 Å². The molecule has 1 N–H and O–H groups in total. The summed E-state index contributed by atoms with van der Waals surface area (Å²) >= 11 is 0. The monoisotopic (exact) mass is 421 g/mol. The van der Waals surface area contributed by atoms with Gasteiger partial charge in [0.2, 0.25) is 0 Å². The van der Waals surface area contributed by atoms with Crippen LogP contribution in [-0.4, -0.2) is 36.2 Å². The largest absolute Gasteiger partial charge is 0.444 e. The lowest BCUT2D eigenvalue weighted by atomic mass is 9.79. The number of rotatable bonds is 8. The van der Waals surface area contributed by atoms with Gasteiger partial charge in [-0.25, -0.2) is 9.18 Å². The van der Waals surface area contributed by atoms with Gasteiger partial charge in [0.1, 0.15) is 23.2 Å². The van der Waals surface area contributed by atoms with E-state index < -0.39 is 17.2 Å². The lowest BCUT2D eigenvalue weighted by molar-refractivity contribution is -0.116. The van der Waals surface area contributed by atoms with Crippen LogP contribution in [0.1, 0.15) is 77.3 Å². The van der Waals surface area contributed by atoms with Crippen LogP contribution in [0.25, 0.3) is 0 Å². The molecule has 0 bridgehead atoms. The molecule has 30 heavy (non-hydrogen) atoms. The molecule has 3 atom stereocenters. The number of halogens is 1. The van der Waals surface area contributed by atoms with Crippen LogP contribution in [0.2, 0.25) is 0 Å². The summed E-state index contributed by atoms with van der Waals surface area (Å²) in [7, 11) is 0. The lowest BCUT2D eigenvalue weighted by Crippen LogP contribution is -2.53. The Morgan fingerprint density at radius 3 is 2.43 bits per heavy atom. The number of hydrogen-bond acceptors (Lipinski definition) is 4. The molecule has 0 aromatic heterocycles. The van der Waals surface area contributed by atoms with Gasteiger partial charge in [0.15, 0.2) is 0 Å². The number of aldehydes is 1. The van der Waals surface area contributed by atoms with E-state index in [4.69, 9.17) is 9.47 Å². The number of alkyl carbamates (subject to hydrolysis) is 1. The molecule has 0 unspecified atom stereocenters. The van der Waals surface area contributed by atoms with Crippen molar-refractivity contribution >= 4 is 12.4 Å². The predicted octanol–water partition coefficient (Wildman–Crippen LogP) is 5.30. The Balaban J connectivity index is 2.13. The second kappa shape index (κ2) is 9.90. The smallest absolute Gasteiger partial charge is 0.408 e. The maximum Gasteiger partial charge on any atom is 0.408 e. The molecule has 0 aliphatic heterocycles. The Morgan fingerprint density at radius 2 is 1.90 bits per heavy atom. The normalized spacial score (nSPS) is 19.0. The Bertz CT molecular complexity index is 739. The third-order valence-electron chi connectivity index (χ3n) is 5.70. The number of benzene rings is 1. The molecule has 0 saturated heterocycles. The van der Waals surface area contributed by atoms with Crippen molar-refractivity contribution in [2.45, 2.75) is 90.4 Å². The van der Waals surface area contributed by atoms with Crippen molar-refractivity contribution in [3.63, 3.8) is 0 Å². The average Bonchev–Trinajstić information content (AvgIpc) is 3.14. The van der Waals surface area contributed by atoms with Crippen molar-refractivity contribution < 1.29 is 23.5 Å². The third kappa shape index (κ3) is 6.79. The molecule has 1 fully saturated rings. The second-order valence-corrected chi connectivity index (χ2v) is 9.75. The standard InChI is InChI=1S/C24H36FNO4/c1-16-13-19(25)11-12-20(16)21(18-9-7-8-10-18)17(2)29-15-24(6,14-27)26-22(28)30-23(3,4)5/h11-14,17-18,21H,7-10,15H2,1-6H3,(H,26,28)/t17-,21+,24+/m0/s1. The van der Waals surface area contributed by atoms with E-state index >= 15 is 0 Å². The maximum absolute atomic E-state index is 13.7. The fourth-order valence-corrected chi connectivity index (χ4v) is 4.26. The Labute approximate surface area is 179 Å². The van der Waals surface area contributed by atoms with Gasteiger partial charge in [-0.3, -0.25) is 0 Å². The van der Waals surface area contributed by atoms with Gasteiger partial charge in [-0.05, 0) is 83.6 Å². The second-order valence-electron chi connectivity index (χ2n) is 9.75. The van der Waals surface area contributed by atoms with E-state index in [0.717, 1.165) is 24.0 Å². The highest BCUT2D eigenvalue weighted by molar-refractivity contribution is 5.76. The van der Waals surface area contributed by atoms with Crippen molar-refractivity contribution in [1.82, 2.24) is 5.32 Å². The zero-order valence-electron chi connectivity index (χ0n) is 19.1. The van der Waals surface area contributed by atoms with Gasteiger partial charge in [0.25, 0.3) is 0 Å². The molecule has 1 aromatic carbocycles. The zero-order valence-corrected chi connectivity index (χ0v) is 19.1. The molecule has 1 aliphatic rings. The molecule has 5 nitrogen and oxygen atoms in total. The van der Waals surface area contributed by atoms with E-state index in [1.54, 1.807) is 33.8 Å². The zero-order chi connectivity index (χ0) is 22.5. The summed E-state index contributed by atoms with van der Waals surface area (Å²) in [6.45, 7) is 10.9. The summed E-state index contributed by atoms with van der Waals surface area (Å²) in [4.78, 5) is 23.9. The number of nitrogens with one attached hydrogen (secondary N) is 1. The van der Waals surface area contributed by atoms with Gasteiger partial charge in [0.05, 0.1) is 12.7 Å². The lowest BCUT2D eigenvalue weighted by Gasteiger charge is -2.34. The van der Waals surface area contributed by atoms with Gasteiger partial charge in [-0.2, -0.15) is 0 Å². The number of amides is 1. The van der Waals surface area contributed by atoms with Crippen LogP contribution in [0.15, 0.2) is 18.2 Å². The molecule has 1 amide bonds. The fourth-order valence-electron chi connectivity index (χ4n) is 4.26. The van der Waals surface area contributed by atoms with Crippen LogP contribution in [0.5, 0.6) is 0 Å². The van der Waals surface area contributed by atoms with Crippen molar-refractivity contribution in [1.29, 1.82) is 0 Å². The first-order valence-corrected chi connectivity index (χ1v) is 10.8. The van der Waals surface area contributed by atoms with E-state index in [2.05, 4.69) is 5.32 Å². The van der Waals surface area contributed by atoms with Gasteiger partial charge < -0.3 is 19.6 Å². The van der Waals surface area contributed by atoms with E-state index in [1.165, 1.54) is 18.9 Å². The number of hydrogen-bond donors (Lipinski definition) is 1. The SMILES string of the molecule is Cc1cc(F)ccc1[C@@H](C1CCCC1)[C@H](C)OC[C@@](C)(C=O)NC(=O)OC(C)(C)C. The highest BCUT2D eigenvalue weighted by Gasteiger charge is 2.35. The van der Waals surface area contributed by atoms with E-state index in [-0.39, 0.29) is 24.4 Å². The minimum absolute atomic E-state index is 0.0281. The first kappa shape index (κ1) is 24.3. The van der Waals surface area contributed by atoms with Crippen molar-refractivity contribution in [3.05, 3.63) is 35.1 Å². The summed E-state index contributed by atoms with van der Waals surface area (Å²) in [5.74, 6) is 0.307. The Morgan fingerprint density at radius 1 is 1.27 bits per heavy atom. The molecule has 2 rings (SSSR count). The summed E-state index contributed by atoms with van der Waals surface area (Å²) in [5, 5.41) is 2.62. The van der Waals surface area contributed by atoms with Gasteiger partial charge in [0, 0.05) is 5.92 Å². The number of aryl methyl sites for hydroxylation is 1. The fraction of sp³-hybridized carbons (Fsp3) is 0.667. The Hall–Kier alpha value is -1.95. The van der Waals surface area contributed by atoms with Crippen LogP contribution >= 0.6 is 0 Å². The van der Waals surface area contributed by atoms with Gasteiger partial charge in [-0.15, -0.1) is 0 Å². The molecule has 1 aliphatic carbocycles. The molecule has 1 saturated carbocycles. The number of carbonyl (C=O) groups is 2. The van der Waals surface area contributed by atoms with E-state index in [1.807, 2.05) is 19.9 Å². The topological polar surface area (TPSA) is 64.6 Å². The molecule has 0 heterocycles. The third-order valence-corrected chi connectivity index (χ3v) is 5.70. The molecule has 0 spiro atoms. The van der Waals surface area contributed by atoms with Crippen LogP contribution in [0, 0.1) is 18.7 Å². The maximum atomic E-state index is 13.7. The molecular weight excluding hydrogens is 385 g/mol. The molecule has 6 heteroatoms. The minimum atomic E-state index is -1.20. The molecule has 168 valence electrons. The van der Waals surface area contributed by atoms with Crippen molar-refractivity contribution in [2.24, 2.45) is 5.92 Å². The van der Waals surface area contributed by atoms with E-state index in [9.17, 15) is 14.0 Å². The highest BCUT2D eigenvalue weighted by Crippen LogP contribution is 2.41. The predicted molar refractivity (Wildman–Crippen MR) is 115 cm³/mol. The van der Waals surface area contributed by atoms with Crippen molar-refractivity contribution in [2.75, 3.05) is 6.61 Å². The Kier molecular flexibility index (Phi) is 8.03. The molecule has 1 aromatic rings. The summed E-state index contributed by atoms with van der Waals surface area (Å²) < 4.78 is 25.1. The summed E-state index contributed by atoms with van der Waals surface area (Å²) in [5.41, 5.74) is 0.140. The first-order chi connectivity index (χ1) is 13.9. The summed E-state index contributed by atoms with van der Waals surface area (Å²) in [6.07, 6.45) is 4.40. The average molecular weight is 422 g/mol. The van der Waals surface area contributed by atoms with Gasteiger partial charge >= 0.3 is 6.09 Å². The van der Waals surface area contributed by atoms with Crippen LogP contribution in [0.4, 0.5) is 9.18 Å². The number of carbonyl (C=O) groups excluding carboxylic acids is 2. The number of ether oxygens (including phenoxy) is 2. The van der Waals surface area contributed by atoms with Crippen LogP contribution in [-0.2, 0) is 14.3 Å². The molecular formula is C24H36FNO4. The molecule has 0 radical (unpaired) electrons. The minimum Gasteiger partial charge on any atom is -0.444 e. The summed E-state index contributed by atoms with van der Waals surface area (Å²) in [6, 6.07) is 4.91. The highest BCUT2D eigenvalue weighted by atomic mass is 19.1. The van der Waals surface area contributed by atoms with Crippen LogP contribution < -0.4 is 5.32 Å². The van der Waals surface area contributed by atoms with Crippen molar-refractivity contribution in [3.8, 4) is 0 Å². The van der Waals surface area contributed by atoms with Gasteiger partial charge in [-0.1, -0.05) is 18.9 Å². The van der Waals surface area contributed by atoms with E-state index in [0.29, 0.717) is 12.2 Å².